The molecule has 0 aromatic heterocycles. The highest BCUT2D eigenvalue weighted by Crippen LogP contribution is 2.04. The summed E-state index contributed by atoms with van der Waals surface area (Å²) in [5, 5.41) is 2.59. The van der Waals surface area contributed by atoms with Crippen molar-refractivity contribution in [2.24, 2.45) is 0 Å². The maximum atomic E-state index is 11.8. The molecular weight excluding hydrogens is 230 g/mol. The molecule has 0 saturated heterocycles. The van der Waals surface area contributed by atoms with Crippen molar-refractivity contribution in [2.75, 3.05) is 6.61 Å². The Morgan fingerprint density at radius 3 is 2.61 bits per heavy atom. The second kappa shape index (κ2) is 7.27. The summed E-state index contributed by atoms with van der Waals surface area (Å²) in [6, 6.07) is 8.80. The summed E-state index contributed by atoms with van der Waals surface area (Å²) in [7, 11) is 0. The number of nitrogens with one attached hydrogen (secondary N) is 1. The molecule has 0 bridgehead atoms. The lowest BCUT2D eigenvalue weighted by Gasteiger charge is -2.16. The number of carbonyl (C=O) groups excluding carboxylic acids is 2. The molecule has 0 aliphatic carbocycles. The average Bonchev–Trinajstić information content (AvgIpc) is 2.36. The van der Waals surface area contributed by atoms with E-state index in [1.54, 1.807) is 0 Å². The van der Waals surface area contributed by atoms with Crippen LogP contribution in [0.15, 0.2) is 43.0 Å². The van der Waals surface area contributed by atoms with Gasteiger partial charge in [-0.1, -0.05) is 43.0 Å². The van der Waals surface area contributed by atoms with Gasteiger partial charge in [0.25, 0.3) is 0 Å². The molecule has 1 unspecified atom stereocenters. The van der Waals surface area contributed by atoms with E-state index in [9.17, 15) is 9.59 Å². The van der Waals surface area contributed by atoms with Crippen LogP contribution in [-0.4, -0.2) is 24.5 Å². The monoisotopic (exact) mass is 247 g/mol. The third kappa shape index (κ3) is 4.82. The van der Waals surface area contributed by atoms with Gasteiger partial charge < -0.3 is 10.1 Å². The predicted octanol–water partition coefficient (Wildman–Crippen LogP) is 1.46. The first kappa shape index (κ1) is 14.0. The van der Waals surface area contributed by atoms with Crippen LogP contribution in [-0.2, 0) is 20.7 Å². The van der Waals surface area contributed by atoms with Gasteiger partial charge in [0.1, 0.15) is 12.6 Å². The first-order valence-electron chi connectivity index (χ1n) is 5.72. The van der Waals surface area contributed by atoms with E-state index < -0.39 is 12.0 Å². The maximum absolute atomic E-state index is 11.8. The fraction of sp³-hybridized carbons (Fsp3) is 0.286. The Kier molecular flexibility index (Phi) is 5.64. The third-order valence-corrected chi connectivity index (χ3v) is 2.29. The number of hydrogen-bond donors (Lipinski definition) is 1. The minimum absolute atomic E-state index is 0.143. The van der Waals surface area contributed by atoms with Crippen LogP contribution in [0.4, 0.5) is 0 Å². The molecular formula is C14H17NO3. The lowest BCUT2D eigenvalue weighted by atomic mass is 10.1. The molecule has 0 aliphatic rings. The Bertz CT molecular complexity index is 414. The zero-order chi connectivity index (χ0) is 13.4. The molecule has 1 rings (SSSR count). The van der Waals surface area contributed by atoms with Gasteiger partial charge in [-0.25, -0.2) is 4.79 Å². The summed E-state index contributed by atoms with van der Waals surface area (Å²) in [5.74, 6) is -0.708. The Balaban J connectivity index is 2.68. The average molecular weight is 247 g/mol. The van der Waals surface area contributed by atoms with Crippen molar-refractivity contribution in [2.45, 2.75) is 19.4 Å². The van der Waals surface area contributed by atoms with Gasteiger partial charge in [0.2, 0.25) is 5.91 Å². The molecule has 1 atom stereocenters. The second-order valence-electron chi connectivity index (χ2n) is 3.86. The Morgan fingerprint density at radius 2 is 2.06 bits per heavy atom. The highest BCUT2D eigenvalue weighted by atomic mass is 16.5. The number of ether oxygens (including phenoxy) is 1. The van der Waals surface area contributed by atoms with Gasteiger partial charge in [-0.2, -0.15) is 0 Å². The van der Waals surface area contributed by atoms with Gasteiger partial charge in [0.15, 0.2) is 0 Å². The van der Waals surface area contributed by atoms with Crippen LogP contribution in [0.5, 0.6) is 0 Å². The normalized spacial score (nSPS) is 11.4. The summed E-state index contributed by atoms with van der Waals surface area (Å²) in [6.07, 6.45) is 1.90. The number of amides is 1. The molecule has 0 fully saturated rings. The van der Waals surface area contributed by atoms with Gasteiger partial charge >= 0.3 is 5.97 Å². The van der Waals surface area contributed by atoms with Crippen molar-refractivity contribution in [3.8, 4) is 0 Å². The summed E-state index contributed by atoms with van der Waals surface area (Å²) in [5.41, 5.74) is 0.965. The van der Waals surface area contributed by atoms with Crippen LogP contribution in [0.25, 0.3) is 0 Å². The topological polar surface area (TPSA) is 55.4 Å². The number of hydrogen-bond acceptors (Lipinski definition) is 3. The van der Waals surface area contributed by atoms with E-state index in [2.05, 4.69) is 11.9 Å². The summed E-state index contributed by atoms with van der Waals surface area (Å²) in [6.45, 7) is 4.99. The quantitative estimate of drug-likeness (QED) is 0.611. The van der Waals surface area contributed by atoms with E-state index in [1.165, 1.54) is 13.0 Å². The summed E-state index contributed by atoms with van der Waals surface area (Å²) >= 11 is 0. The minimum Gasteiger partial charge on any atom is -0.460 e. The SMILES string of the molecule is C=CCOC(=O)C(Cc1ccccc1)NC(C)=O. The molecule has 0 heterocycles. The molecule has 0 spiro atoms. The van der Waals surface area contributed by atoms with Gasteiger partial charge in [0.05, 0.1) is 0 Å². The first-order chi connectivity index (χ1) is 8.63. The number of carbonyl (C=O) groups is 2. The zero-order valence-corrected chi connectivity index (χ0v) is 10.4. The van der Waals surface area contributed by atoms with Gasteiger partial charge in [0, 0.05) is 13.3 Å². The van der Waals surface area contributed by atoms with Gasteiger partial charge in [-0.15, -0.1) is 0 Å². The van der Waals surface area contributed by atoms with E-state index in [0.29, 0.717) is 6.42 Å². The van der Waals surface area contributed by atoms with Crippen molar-refractivity contribution in [3.63, 3.8) is 0 Å². The van der Waals surface area contributed by atoms with Crippen molar-refractivity contribution in [1.29, 1.82) is 0 Å². The lowest BCUT2D eigenvalue weighted by molar-refractivity contribution is -0.146. The van der Waals surface area contributed by atoms with Crippen molar-refractivity contribution in [1.82, 2.24) is 5.32 Å². The van der Waals surface area contributed by atoms with Crippen molar-refractivity contribution >= 4 is 11.9 Å². The van der Waals surface area contributed by atoms with E-state index in [4.69, 9.17) is 4.74 Å². The van der Waals surface area contributed by atoms with E-state index in [0.717, 1.165) is 5.56 Å². The highest BCUT2D eigenvalue weighted by Gasteiger charge is 2.20. The Labute approximate surface area is 107 Å². The molecule has 1 amide bonds. The molecule has 0 aliphatic heterocycles. The predicted molar refractivity (Wildman–Crippen MR) is 68.9 cm³/mol. The Morgan fingerprint density at radius 1 is 1.39 bits per heavy atom. The smallest absolute Gasteiger partial charge is 0.329 e. The van der Waals surface area contributed by atoms with E-state index >= 15 is 0 Å². The van der Waals surface area contributed by atoms with Crippen molar-refractivity contribution in [3.05, 3.63) is 48.6 Å². The minimum atomic E-state index is -0.662. The molecule has 1 aromatic rings. The third-order valence-electron chi connectivity index (χ3n) is 2.29. The maximum Gasteiger partial charge on any atom is 0.329 e. The largest absolute Gasteiger partial charge is 0.460 e. The number of rotatable bonds is 6. The fourth-order valence-electron chi connectivity index (χ4n) is 1.53. The molecule has 4 heteroatoms. The molecule has 0 radical (unpaired) electrons. The van der Waals surface area contributed by atoms with E-state index in [-0.39, 0.29) is 12.5 Å². The second-order valence-corrected chi connectivity index (χ2v) is 3.86. The molecule has 18 heavy (non-hydrogen) atoms. The van der Waals surface area contributed by atoms with Crippen LogP contribution in [0, 0.1) is 0 Å². The van der Waals surface area contributed by atoms with Crippen LogP contribution >= 0.6 is 0 Å². The van der Waals surface area contributed by atoms with Crippen LogP contribution in [0.3, 0.4) is 0 Å². The number of esters is 1. The zero-order valence-electron chi connectivity index (χ0n) is 10.4. The molecule has 1 N–H and O–H groups in total. The van der Waals surface area contributed by atoms with Gasteiger partial charge in [-0.05, 0) is 5.56 Å². The lowest BCUT2D eigenvalue weighted by Crippen LogP contribution is -2.42. The standard InChI is InChI=1S/C14H17NO3/c1-3-9-18-14(17)13(15-11(2)16)10-12-7-5-4-6-8-12/h3-8,13H,1,9-10H2,2H3,(H,15,16). The molecule has 4 nitrogen and oxygen atoms in total. The summed E-state index contributed by atoms with van der Waals surface area (Å²) < 4.78 is 4.95. The van der Waals surface area contributed by atoms with Crippen LogP contribution < -0.4 is 5.32 Å². The van der Waals surface area contributed by atoms with Gasteiger partial charge in [-0.3, -0.25) is 4.79 Å². The fourth-order valence-corrected chi connectivity index (χ4v) is 1.53. The molecule has 96 valence electrons. The van der Waals surface area contributed by atoms with Crippen molar-refractivity contribution < 1.29 is 14.3 Å². The van der Waals surface area contributed by atoms with E-state index in [1.807, 2.05) is 30.3 Å². The summed E-state index contributed by atoms with van der Waals surface area (Å²) in [4.78, 5) is 22.8. The van der Waals surface area contributed by atoms with Crippen LogP contribution in [0.1, 0.15) is 12.5 Å². The Hall–Kier alpha value is -2.10. The first-order valence-corrected chi connectivity index (χ1v) is 5.72. The molecule has 0 saturated carbocycles. The van der Waals surface area contributed by atoms with Crippen LogP contribution in [0.2, 0.25) is 0 Å². The highest BCUT2D eigenvalue weighted by molar-refractivity contribution is 5.83. The molecule has 1 aromatic carbocycles. The number of benzene rings is 1.